The summed E-state index contributed by atoms with van der Waals surface area (Å²) in [4.78, 5) is 4.41. The average Bonchev–Trinajstić information content (AvgIpc) is 2.99. The van der Waals surface area contributed by atoms with Gasteiger partial charge < -0.3 is 19.2 Å². The largest absolute Gasteiger partial charge is 0.494 e. The van der Waals surface area contributed by atoms with Crippen molar-refractivity contribution in [1.82, 2.24) is 10.3 Å². The third-order valence-electron chi connectivity index (χ3n) is 3.30. The van der Waals surface area contributed by atoms with Crippen LogP contribution in [-0.2, 0) is 6.54 Å². The molecule has 1 heterocycles. The fraction of sp³-hybridized carbons (Fsp3) is 0.278. The number of hydrogen-bond acceptors (Lipinski definition) is 5. The highest BCUT2D eigenvalue weighted by molar-refractivity contribution is 5.72. The van der Waals surface area contributed by atoms with E-state index >= 15 is 0 Å². The molecule has 0 aliphatic heterocycles. The first-order valence-electron chi connectivity index (χ1n) is 7.76. The smallest absolute Gasteiger partial charge is 0.209 e. The molecule has 5 nitrogen and oxygen atoms in total. The SMILES string of the molecule is CCOc1ccc(OCCNCc2nc3ccccc3o2)cc1. The summed E-state index contributed by atoms with van der Waals surface area (Å²) in [5.41, 5.74) is 1.70. The summed E-state index contributed by atoms with van der Waals surface area (Å²) < 4.78 is 16.7. The van der Waals surface area contributed by atoms with Gasteiger partial charge in [0.05, 0.1) is 13.2 Å². The Bertz CT molecular complexity index is 704. The number of nitrogens with zero attached hydrogens (tertiary/aromatic N) is 1. The molecule has 0 amide bonds. The molecule has 23 heavy (non-hydrogen) atoms. The number of para-hydroxylation sites is 2. The predicted octanol–water partition coefficient (Wildman–Crippen LogP) is 3.40. The predicted molar refractivity (Wildman–Crippen MR) is 88.8 cm³/mol. The quantitative estimate of drug-likeness (QED) is 0.646. The Morgan fingerprint density at radius 1 is 1.00 bits per heavy atom. The number of hydrogen-bond donors (Lipinski definition) is 1. The summed E-state index contributed by atoms with van der Waals surface area (Å²) in [5.74, 6) is 2.37. The normalized spacial score (nSPS) is 10.8. The second-order valence-electron chi connectivity index (χ2n) is 5.00. The van der Waals surface area contributed by atoms with E-state index in [1.165, 1.54) is 0 Å². The Labute approximate surface area is 135 Å². The molecule has 0 fully saturated rings. The van der Waals surface area contributed by atoms with Gasteiger partial charge in [0, 0.05) is 6.54 Å². The average molecular weight is 312 g/mol. The Morgan fingerprint density at radius 2 is 1.74 bits per heavy atom. The van der Waals surface area contributed by atoms with Gasteiger partial charge in [-0.1, -0.05) is 12.1 Å². The van der Waals surface area contributed by atoms with Crippen molar-refractivity contribution in [2.45, 2.75) is 13.5 Å². The number of benzene rings is 2. The summed E-state index contributed by atoms with van der Waals surface area (Å²) in [6.45, 7) is 4.51. The van der Waals surface area contributed by atoms with Crippen LogP contribution < -0.4 is 14.8 Å². The van der Waals surface area contributed by atoms with Crippen LogP contribution in [0.25, 0.3) is 11.1 Å². The number of rotatable bonds is 8. The molecule has 0 atom stereocenters. The van der Waals surface area contributed by atoms with Crippen molar-refractivity contribution in [3.8, 4) is 11.5 Å². The lowest BCUT2D eigenvalue weighted by atomic mass is 10.3. The van der Waals surface area contributed by atoms with Gasteiger partial charge in [-0.2, -0.15) is 0 Å². The standard InChI is InChI=1S/C18H20N2O3/c1-2-21-14-7-9-15(10-8-14)22-12-11-19-13-18-20-16-5-3-4-6-17(16)23-18/h3-10,19H,2,11-13H2,1H3. The Hall–Kier alpha value is -2.53. The second-order valence-corrected chi connectivity index (χ2v) is 5.00. The molecule has 0 aliphatic carbocycles. The maximum Gasteiger partial charge on any atom is 0.209 e. The minimum absolute atomic E-state index is 0.578. The molecule has 0 bridgehead atoms. The van der Waals surface area contributed by atoms with Crippen LogP contribution >= 0.6 is 0 Å². The van der Waals surface area contributed by atoms with E-state index in [-0.39, 0.29) is 0 Å². The molecule has 1 aromatic heterocycles. The zero-order chi connectivity index (χ0) is 15.9. The van der Waals surface area contributed by atoms with Crippen molar-refractivity contribution < 1.29 is 13.9 Å². The molecule has 3 rings (SSSR count). The van der Waals surface area contributed by atoms with Crippen molar-refractivity contribution in [2.24, 2.45) is 0 Å². The monoisotopic (exact) mass is 312 g/mol. The molecule has 0 radical (unpaired) electrons. The number of oxazole rings is 1. The van der Waals surface area contributed by atoms with Crippen LogP contribution in [0.2, 0.25) is 0 Å². The van der Waals surface area contributed by atoms with Gasteiger partial charge in [0.25, 0.3) is 0 Å². The molecule has 0 aliphatic rings. The lowest BCUT2D eigenvalue weighted by Crippen LogP contribution is -2.20. The van der Waals surface area contributed by atoms with Gasteiger partial charge in [-0.15, -0.1) is 0 Å². The third-order valence-corrected chi connectivity index (χ3v) is 3.30. The highest BCUT2D eigenvalue weighted by Crippen LogP contribution is 2.17. The van der Waals surface area contributed by atoms with Crippen LogP contribution in [0.1, 0.15) is 12.8 Å². The first kappa shape index (κ1) is 15.4. The summed E-state index contributed by atoms with van der Waals surface area (Å²) in [5, 5.41) is 3.26. The topological polar surface area (TPSA) is 56.5 Å². The maximum absolute atomic E-state index is 5.67. The van der Waals surface area contributed by atoms with E-state index in [0.717, 1.165) is 22.6 Å². The number of ether oxygens (including phenoxy) is 2. The van der Waals surface area contributed by atoms with Crippen molar-refractivity contribution in [3.63, 3.8) is 0 Å². The lowest BCUT2D eigenvalue weighted by molar-refractivity contribution is 0.308. The summed E-state index contributed by atoms with van der Waals surface area (Å²) in [6.07, 6.45) is 0. The van der Waals surface area contributed by atoms with Crippen molar-refractivity contribution >= 4 is 11.1 Å². The lowest BCUT2D eigenvalue weighted by Gasteiger charge is -2.08. The van der Waals surface area contributed by atoms with Crippen LogP contribution in [0.5, 0.6) is 11.5 Å². The molecule has 2 aromatic carbocycles. The minimum atomic E-state index is 0.578. The summed E-state index contributed by atoms with van der Waals surface area (Å²) in [7, 11) is 0. The number of fused-ring (bicyclic) bond motifs is 1. The number of nitrogens with one attached hydrogen (secondary N) is 1. The fourth-order valence-electron chi connectivity index (χ4n) is 2.23. The molecular formula is C18H20N2O3. The first-order chi connectivity index (χ1) is 11.3. The Morgan fingerprint density at radius 3 is 2.48 bits per heavy atom. The van der Waals surface area contributed by atoms with E-state index in [1.807, 2.05) is 55.5 Å². The summed E-state index contributed by atoms with van der Waals surface area (Å²) in [6, 6.07) is 15.4. The van der Waals surface area contributed by atoms with Gasteiger partial charge in [-0.25, -0.2) is 4.98 Å². The highest BCUT2D eigenvalue weighted by Gasteiger charge is 2.04. The Balaban J connectivity index is 1.39. The first-order valence-corrected chi connectivity index (χ1v) is 7.76. The maximum atomic E-state index is 5.67. The summed E-state index contributed by atoms with van der Waals surface area (Å²) >= 11 is 0. The molecule has 3 aromatic rings. The van der Waals surface area contributed by atoms with Crippen LogP contribution in [-0.4, -0.2) is 24.7 Å². The van der Waals surface area contributed by atoms with Crippen molar-refractivity contribution in [2.75, 3.05) is 19.8 Å². The molecule has 0 unspecified atom stereocenters. The van der Waals surface area contributed by atoms with Gasteiger partial charge in [0.1, 0.15) is 23.6 Å². The molecule has 0 spiro atoms. The molecule has 0 saturated carbocycles. The highest BCUT2D eigenvalue weighted by atomic mass is 16.5. The van der Waals surface area contributed by atoms with Gasteiger partial charge >= 0.3 is 0 Å². The van der Waals surface area contributed by atoms with Gasteiger partial charge in [-0.3, -0.25) is 0 Å². The third kappa shape index (κ3) is 4.23. The van der Waals surface area contributed by atoms with E-state index in [1.54, 1.807) is 0 Å². The molecule has 0 saturated heterocycles. The van der Waals surface area contributed by atoms with Gasteiger partial charge in [0.2, 0.25) is 5.89 Å². The van der Waals surface area contributed by atoms with Gasteiger partial charge in [-0.05, 0) is 43.3 Å². The van der Waals surface area contributed by atoms with E-state index < -0.39 is 0 Å². The van der Waals surface area contributed by atoms with Crippen LogP contribution in [0.3, 0.4) is 0 Å². The zero-order valence-electron chi connectivity index (χ0n) is 13.1. The molecular weight excluding hydrogens is 292 g/mol. The van der Waals surface area contributed by atoms with E-state index in [0.29, 0.717) is 32.2 Å². The zero-order valence-corrected chi connectivity index (χ0v) is 13.1. The van der Waals surface area contributed by atoms with Gasteiger partial charge in [0.15, 0.2) is 5.58 Å². The van der Waals surface area contributed by atoms with E-state index in [2.05, 4.69) is 10.3 Å². The van der Waals surface area contributed by atoms with Crippen molar-refractivity contribution in [3.05, 3.63) is 54.4 Å². The second kappa shape index (κ2) is 7.65. The van der Waals surface area contributed by atoms with E-state index in [4.69, 9.17) is 13.9 Å². The van der Waals surface area contributed by atoms with Crippen molar-refractivity contribution in [1.29, 1.82) is 0 Å². The molecule has 1 N–H and O–H groups in total. The molecule has 120 valence electrons. The van der Waals surface area contributed by atoms with Crippen LogP contribution in [0, 0.1) is 0 Å². The van der Waals surface area contributed by atoms with E-state index in [9.17, 15) is 0 Å². The number of aromatic nitrogens is 1. The van der Waals surface area contributed by atoms with Crippen LogP contribution in [0.15, 0.2) is 52.9 Å². The Kier molecular flexibility index (Phi) is 5.11. The fourth-order valence-corrected chi connectivity index (χ4v) is 2.23. The molecule has 5 heteroatoms. The van der Waals surface area contributed by atoms with Crippen LogP contribution in [0.4, 0.5) is 0 Å². The minimum Gasteiger partial charge on any atom is -0.494 e.